The lowest BCUT2D eigenvalue weighted by atomic mass is 10.00. The average molecular weight is 292 g/mol. The fourth-order valence-electron chi connectivity index (χ4n) is 2.46. The van der Waals surface area contributed by atoms with Gasteiger partial charge in [0.15, 0.2) is 0 Å². The molecule has 0 spiro atoms. The number of fused-ring (bicyclic) bond motifs is 1. The maximum Gasteiger partial charge on any atom is -0.00147 e. The van der Waals surface area contributed by atoms with Crippen LogP contribution in [0.5, 0.6) is 0 Å². The van der Waals surface area contributed by atoms with Gasteiger partial charge in [-0.1, -0.05) is 24.3 Å². The van der Waals surface area contributed by atoms with Crippen molar-refractivity contribution in [1.29, 1.82) is 0 Å². The normalized spacial score (nSPS) is 11.0. The average Bonchev–Trinajstić information content (AvgIpc) is 3.19. The van der Waals surface area contributed by atoms with Crippen LogP contribution in [0.25, 0.3) is 33.0 Å². The molecular weight excluding hydrogens is 280 g/mol. The van der Waals surface area contributed by atoms with Gasteiger partial charge in [0.2, 0.25) is 0 Å². The SMILES string of the molecule is c1cc(-c2ccc3cc(-c4ccsc4)ccc3c2)cs1. The maximum atomic E-state index is 2.27. The van der Waals surface area contributed by atoms with Crippen molar-refractivity contribution in [2.24, 2.45) is 0 Å². The zero-order valence-corrected chi connectivity index (χ0v) is 12.4. The fraction of sp³-hybridized carbons (Fsp3) is 0. The molecule has 0 saturated carbocycles. The van der Waals surface area contributed by atoms with Crippen molar-refractivity contribution >= 4 is 33.4 Å². The Bertz CT molecular complexity index is 767. The summed E-state index contributed by atoms with van der Waals surface area (Å²) in [5.74, 6) is 0. The quantitative estimate of drug-likeness (QED) is 0.407. The van der Waals surface area contributed by atoms with Crippen LogP contribution in [0.15, 0.2) is 70.1 Å². The molecule has 0 aliphatic rings. The molecule has 0 saturated heterocycles. The van der Waals surface area contributed by atoms with Crippen LogP contribution in [0, 0.1) is 0 Å². The van der Waals surface area contributed by atoms with Crippen LogP contribution in [0.1, 0.15) is 0 Å². The van der Waals surface area contributed by atoms with Gasteiger partial charge in [0, 0.05) is 0 Å². The topological polar surface area (TPSA) is 0 Å². The Kier molecular flexibility index (Phi) is 2.91. The summed E-state index contributed by atoms with van der Waals surface area (Å²) in [7, 11) is 0. The van der Waals surface area contributed by atoms with E-state index in [-0.39, 0.29) is 0 Å². The molecule has 0 fully saturated rings. The number of rotatable bonds is 2. The molecule has 0 nitrogen and oxygen atoms in total. The second-order valence-corrected chi connectivity index (χ2v) is 6.36. The molecule has 0 aliphatic carbocycles. The summed E-state index contributed by atoms with van der Waals surface area (Å²) in [5, 5.41) is 11.2. The van der Waals surface area contributed by atoms with Crippen molar-refractivity contribution in [3.05, 3.63) is 70.1 Å². The molecule has 0 amide bonds. The van der Waals surface area contributed by atoms with E-state index in [1.165, 1.54) is 33.0 Å². The zero-order valence-electron chi connectivity index (χ0n) is 10.7. The van der Waals surface area contributed by atoms with E-state index in [9.17, 15) is 0 Å². The molecule has 96 valence electrons. The van der Waals surface area contributed by atoms with Gasteiger partial charge < -0.3 is 0 Å². The van der Waals surface area contributed by atoms with Crippen molar-refractivity contribution in [1.82, 2.24) is 0 Å². The van der Waals surface area contributed by atoms with E-state index in [1.54, 1.807) is 22.7 Å². The summed E-state index contributed by atoms with van der Waals surface area (Å²) >= 11 is 3.48. The van der Waals surface area contributed by atoms with Gasteiger partial charge >= 0.3 is 0 Å². The van der Waals surface area contributed by atoms with Crippen LogP contribution < -0.4 is 0 Å². The Morgan fingerprint density at radius 1 is 0.500 bits per heavy atom. The van der Waals surface area contributed by atoms with Crippen molar-refractivity contribution < 1.29 is 0 Å². The molecule has 0 N–H and O–H groups in total. The summed E-state index contributed by atoms with van der Waals surface area (Å²) < 4.78 is 0. The monoisotopic (exact) mass is 292 g/mol. The highest BCUT2D eigenvalue weighted by Gasteiger charge is 2.03. The second-order valence-electron chi connectivity index (χ2n) is 4.80. The molecule has 0 atom stereocenters. The van der Waals surface area contributed by atoms with Gasteiger partial charge in [-0.05, 0) is 78.8 Å². The van der Waals surface area contributed by atoms with Crippen LogP contribution in [-0.4, -0.2) is 0 Å². The van der Waals surface area contributed by atoms with Crippen molar-refractivity contribution in [2.75, 3.05) is 0 Å². The zero-order chi connectivity index (χ0) is 13.4. The highest BCUT2D eigenvalue weighted by Crippen LogP contribution is 2.30. The minimum absolute atomic E-state index is 1.29. The van der Waals surface area contributed by atoms with Gasteiger partial charge in [-0.15, -0.1) is 0 Å². The van der Waals surface area contributed by atoms with Crippen LogP contribution >= 0.6 is 22.7 Å². The minimum atomic E-state index is 1.29. The lowest BCUT2D eigenvalue weighted by Gasteiger charge is -2.05. The molecule has 0 radical (unpaired) electrons. The lowest BCUT2D eigenvalue weighted by Crippen LogP contribution is -1.79. The summed E-state index contributed by atoms with van der Waals surface area (Å²) in [5.41, 5.74) is 5.20. The van der Waals surface area contributed by atoms with Crippen LogP contribution in [0.3, 0.4) is 0 Å². The Morgan fingerprint density at radius 3 is 1.40 bits per heavy atom. The smallest absolute Gasteiger partial charge is 0.00147 e. The van der Waals surface area contributed by atoms with Crippen molar-refractivity contribution in [3.63, 3.8) is 0 Å². The van der Waals surface area contributed by atoms with E-state index in [2.05, 4.69) is 70.1 Å². The third kappa shape index (κ3) is 2.07. The minimum Gasteiger partial charge on any atom is -0.152 e. The van der Waals surface area contributed by atoms with Crippen LogP contribution in [0.2, 0.25) is 0 Å². The molecular formula is C18H12S2. The number of thiophene rings is 2. The first-order valence-corrected chi connectivity index (χ1v) is 8.38. The molecule has 2 aromatic heterocycles. The highest BCUT2D eigenvalue weighted by atomic mass is 32.1. The summed E-state index contributed by atoms with van der Waals surface area (Å²) in [6, 6.07) is 17.8. The molecule has 20 heavy (non-hydrogen) atoms. The first-order chi connectivity index (χ1) is 9.90. The van der Waals surface area contributed by atoms with Gasteiger partial charge in [0.05, 0.1) is 0 Å². The molecule has 4 rings (SSSR count). The van der Waals surface area contributed by atoms with E-state index >= 15 is 0 Å². The number of hydrogen-bond acceptors (Lipinski definition) is 2. The van der Waals surface area contributed by atoms with Gasteiger partial charge in [-0.25, -0.2) is 0 Å². The first kappa shape index (κ1) is 11.9. The van der Waals surface area contributed by atoms with Gasteiger partial charge in [-0.3, -0.25) is 0 Å². The van der Waals surface area contributed by atoms with Crippen LogP contribution in [0.4, 0.5) is 0 Å². The van der Waals surface area contributed by atoms with Gasteiger partial charge in [-0.2, -0.15) is 22.7 Å². The third-order valence-corrected chi connectivity index (χ3v) is 4.92. The second kappa shape index (κ2) is 4.89. The third-order valence-electron chi connectivity index (χ3n) is 3.55. The highest BCUT2D eigenvalue weighted by molar-refractivity contribution is 7.08. The molecule has 2 heteroatoms. The molecule has 4 aromatic rings. The van der Waals surface area contributed by atoms with Crippen LogP contribution in [-0.2, 0) is 0 Å². The Hall–Kier alpha value is -1.90. The lowest BCUT2D eigenvalue weighted by molar-refractivity contribution is 1.69. The van der Waals surface area contributed by atoms with Gasteiger partial charge in [0.1, 0.15) is 0 Å². The predicted octanol–water partition coefficient (Wildman–Crippen LogP) is 6.30. The Labute approximate surface area is 126 Å². The van der Waals surface area contributed by atoms with E-state index in [0.29, 0.717) is 0 Å². The number of hydrogen-bond donors (Lipinski definition) is 0. The van der Waals surface area contributed by atoms with E-state index in [4.69, 9.17) is 0 Å². The number of benzene rings is 2. The van der Waals surface area contributed by atoms with Crippen molar-refractivity contribution in [2.45, 2.75) is 0 Å². The molecule has 2 heterocycles. The molecule has 0 unspecified atom stereocenters. The Balaban J connectivity index is 1.83. The van der Waals surface area contributed by atoms with E-state index in [0.717, 1.165) is 0 Å². The Morgan fingerprint density at radius 2 is 1.00 bits per heavy atom. The summed E-state index contributed by atoms with van der Waals surface area (Å²) in [4.78, 5) is 0. The van der Waals surface area contributed by atoms with Crippen molar-refractivity contribution in [3.8, 4) is 22.3 Å². The predicted molar refractivity (Wildman–Crippen MR) is 90.6 cm³/mol. The van der Waals surface area contributed by atoms with E-state index in [1.807, 2.05) is 0 Å². The first-order valence-electron chi connectivity index (χ1n) is 6.49. The maximum absolute atomic E-state index is 2.27. The molecule has 2 aromatic carbocycles. The molecule has 0 bridgehead atoms. The van der Waals surface area contributed by atoms with Gasteiger partial charge in [0.25, 0.3) is 0 Å². The van der Waals surface area contributed by atoms with E-state index < -0.39 is 0 Å². The summed E-state index contributed by atoms with van der Waals surface area (Å²) in [6.45, 7) is 0. The molecule has 0 aliphatic heterocycles. The largest absolute Gasteiger partial charge is 0.152 e. The summed E-state index contributed by atoms with van der Waals surface area (Å²) in [6.07, 6.45) is 0. The standard InChI is InChI=1S/C18H12S2/c1-3-15(17-5-7-19-11-17)10-14-2-4-16(9-13(1)14)18-6-8-20-12-18/h1-12H. The fourth-order valence-corrected chi connectivity index (χ4v) is 3.79.